The maximum Gasteiger partial charge on any atom is 0.0624 e. The molecule has 0 saturated heterocycles. The van der Waals surface area contributed by atoms with Crippen molar-refractivity contribution in [2.75, 3.05) is 0 Å². The van der Waals surface area contributed by atoms with E-state index in [1.807, 2.05) is 0 Å². The molecule has 0 radical (unpaired) electrons. The quantitative estimate of drug-likeness (QED) is 0.347. The van der Waals surface area contributed by atoms with Gasteiger partial charge in [-0.1, -0.05) is 84.0 Å². The summed E-state index contributed by atoms with van der Waals surface area (Å²) in [5, 5.41) is 10.9. The molecular formula is C24H44O. The Morgan fingerprint density at radius 2 is 1.16 bits per heavy atom. The fourth-order valence-corrected chi connectivity index (χ4v) is 6.85. The molecule has 3 unspecified atom stereocenters. The van der Waals surface area contributed by atoms with E-state index in [0.29, 0.717) is 11.3 Å². The first-order valence-corrected chi connectivity index (χ1v) is 11.9. The molecule has 4 rings (SSSR count). The van der Waals surface area contributed by atoms with E-state index in [2.05, 4.69) is 6.92 Å². The Kier molecular flexibility index (Phi) is 7.70. The van der Waals surface area contributed by atoms with Gasteiger partial charge in [-0.15, -0.1) is 0 Å². The van der Waals surface area contributed by atoms with Gasteiger partial charge in [0.05, 0.1) is 6.10 Å². The summed E-state index contributed by atoms with van der Waals surface area (Å²) < 4.78 is 0. The summed E-state index contributed by atoms with van der Waals surface area (Å²) in [6.45, 7) is 2.30. The second-order valence-corrected chi connectivity index (χ2v) is 10.1. The molecule has 4 aliphatic carbocycles. The molecule has 4 fully saturated rings. The summed E-state index contributed by atoms with van der Waals surface area (Å²) in [6, 6.07) is 0. The van der Waals surface area contributed by atoms with Crippen molar-refractivity contribution in [2.45, 2.75) is 129 Å². The summed E-state index contributed by atoms with van der Waals surface area (Å²) >= 11 is 0. The molecule has 0 aromatic carbocycles. The minimum absolute atomic E-state index is 0.0491. The Hall–Kier alpha value is -0.0400. The van der Waals surface area contributed by atoms with Crippen LogP contribution >= 0.6 is 0 Å². The molecule has 25 heavy (non-hydrogen) atoms. The van der Waals surface area contributed by atoms with E-state index in [1.165, 1.54) is 116 Å². The molecular weight excluding hydrogens is 304 g/mol. The number of rotatable bonds is 13. The van der Waals surface area contributed by atoms with Crippen LogP contribution in [0.1, 0.15) is 122 Å². The maximum absolute atomic E-state index is 10.9. The molecule has 1 nitrogen and oxygen atoms in total. The van der Waals surface area contributed by atoms with Gasteiger partial charge >= 0.3 is 0 Å². The first-order valence-electron chi connectivity index (χ1n) is 11.9. The number of hydrogen-bond acceptors (Lipinski definition) is 1. The lowest BCUT2D eigenvalue weighted by Crippen LogP contribution is -2.55. The van der Waals surface area contributed by atoms with Crippen molar-refractivity contribution in [3.05, 3.63) is 0 Å². The van der Waals surface area contributed by atoms with E-state index < -0.39 is 0 Å². The molecule has 1 N–H and O–H groups in total. The highest BCUT2D eigenvalue weighted by atomic mass is 16.3. The molecule has 0 amide bonds. The average Bonchev–Trinajstić information content (AvgIpc) is 2.60. The van der Waals surface area contributed by atoms with E-state index in [4.69, 9.17) is 0 Å². The van der Waals surface area contributed by atoms with Gasteiger partial charge in [-0.3, -0.25) is 0 Å². The van der Waals surface area contributed by atoms with Crippen molar-refractivity contribution in [3.8, 4) is 0 Å². The van der Waals surface area contributed by atoms with Gasteiger partial charge in [-0.05, 0) is 61.7 Å². The van der Waals surface area contributed by atoms with Crippen LogP contribution in [0.5, 0.6) is 0 Å². The van der Waals surface area contributed by atoms with Gasteiger partial charge in [-0.2, -0.15) is 0 Å². The van der Waals surface area contributed by atoms with Gasteiger partial charge in [0.15, 0.2) is 0 Å². The zero-order valence-electron chi connectivity index (χ0n) is 17.0. The SMILES string of the molecule is CCCCCCCCCCCCCCC12C[C@@H]3CC(C[C@@H](C3)C1)C2O. The fraction of sp³-hybridized carbons (Fsp3) is 1.00. The van der Waals surface area contributed by atoms with Crippen LogP contribution in [0.15, 0.2) is 0 Å². The van der Waals surface area contributed by atoms with Crippen LogP contribution in [-0.2, 0) is 0 Å². The number of unbranched alkanes of at least 4 members (excludes halogenated alkanes) is 11. The third-order valence-corrected chi connectivity index (χ3v) is 7.93. The van der Waals surface area contributed by atoms with Gasteiger partial charge in [0.25, 0.3) is 0 Å². The fourth-order valence-electron chi connectivity index (χ4n) is 6.85. The van der Waals surface area contributed by atoms with E-state index in [-0.39, 0.29) is 6.10 Å². The molecule has 5 atom stereocenters. The van der Waals surface area contributed by atoms with Crippen LogP contribution in [0.4, 0.5) is 0 Å². The van der Waals surface area contributed by atoms with Crippen molar-refractivity contribution in [2.24, 2.45) is 23.2 Å². The van der Waals surface area contributed by atoms with E-state index >= 15 is 0 Å². The highest BCUT2D eigenvalue weighted by Gasteiger charge is 2.55. The van der Waals surface area contributed by atoms with Gasteiger partial charge in [-0.25, -0.2) is 0 Å². The standard InChI is InChI=1S/C24H44O/c1-2-3-4-5-6-7-8-9-10-11-12-13-14-24-18-20-15-21(19-24)17-22(16-20)23(24)25/h20-23,25H,2-19H2,1H3/t20-,21+,22?,23?,24?. The smallest absolute Gasteiger partial charge is 0.0624 e. The molecule has 1 heteroatoms. The normalized spacial score (nSPS) is 36.2. The second-order valence-electron chi connectivity index (χ2n) is 10.1. The number of aliphatic hydroxyl groups is 1. The van der Waals surface area contributed by atoms with Crippen LogP contribution in [0.2, 0.25) is 0 Å². The Morgan fingerprint density at radius 1 is 0.680 bits per heavy atom. The zero-order chi connectivity index (χ0) is 17.5. The second kappa shape index (κ2) is 9.77. The molecule has 0 heterocycles. The minimum atomic E-state index is 0.0491. The van der Waals surface area contributed by atoms with Gasteiger partial charge < -0.3 is 5.11 Å². The van der Waals surface area contributed by atoms with E-state index in [9.17, 15) is 5.11 Å². The van der Waals surface area contributed by atoms with Crippen LogP contribution in [-0.4, -0.2) is 11.2 Å². The average molecular weight is 349 g/mol. The molecule has 4 aliphatic rings. The predicted molar refractivity (Wildman–Crippen MR) is 108 cm³/mol. The van der Waals surface area contributed by atoms with Crippen LogP contribution in [0.3, 0.4) is 0 Å². The molecule has 0 aromatic heterocycles. The van der Waals surface area contributed by atoms with Crippen LogP contribution < -0.4 is 0 Å². The van der Waals surface area contributed by atoms with Crippen molar-refractivity contribution in [1.29, 1.82) is 0 Å². The van der Waals surface area contributed by atoms with Crippen molar-refractivity contribution < 1.29 is 5.11 Å². The predicted octanol–water partition coefficient (Wildman–Crippen LogP) is 7.26. The molecule has 4 saturated carbocycles. The van der Waals surface area contributed by atoms with Crippen LogP contribution in [0, 0.1) is 23.2 Å². The van der Waals surface area contributed by atoms with Crippen molar-refractivity contribution in [1.82, 2.24) is 0 Å². The Balaban J connectivity index is 1.20. The minimum Gasteiger partial charge on any atom is -0.392 e. The molecule has 0 spiro atoms. The summed E-state index contributed by atoms with van der Waals surface area (Å²) in [5.74, 6) is 2.61. The lowest BCUT2D eigenvalue weighted by atomic mass is 9.47. The summed E-state index contributed by atoms with van der Waals surface area (Å²) in [6.07, 6.45) is 25.5. The first kappa shape index (κ1) is 19.7. The Labute approximate surface area is 157 Å². The largest absolute Gasteiger partial charge is 0.392 e. The number of aliphatic hydroxyl groups excluding tert-OH is 1. The Morgan fingerprint density at radius 3 is 1.68 bits per heavy atom. The van der Waals surface area contributed by atoms with Gasteiger partial charge in [0.1, 0.15) is 0 Å². The van der Waals surface area contributed by atoms with E-state index in [1.54, 1.807) is 0 Å². The first-order chi connectivity index (χ1) is 12.2. The summed E-state index contributed by atoms with van der Waals surface area (Å²) in [7, 11) is 0. The maximum atomic E-state index is 10.9. The Bertz CT molecular complexity index is 362. The molecule has 0 aliphatic heterocycles. The van der Waals surface area contributed by atoms with Gasteiger partial charge in [0, 0.05) is 0 Å². The highest BCUT2D eigenvalue weighted by Crippen LogP contribution is 2.61. The van der Waals surface area contributed by atoms with Crippen molar-refractivity contribution >= 4 is 0 Å². The van der Waals surface area contributed by atoms with Gasteiger partial charge in [0.2, 0.25) is 0 Å². The summed E-state index contributed by atoms with van der Waals surface area (Å²) in [4.78, 5) is 0. The zero-order valence-corrected chi connectivity index (χ0v) is 17.0. The number of hydrogen-bond donors (Lipinski definition) is 1. The topological polar surface area (TPSA) is 20.2 Å². The third kappa shape index (κ3) is 5.24. The van der Waals surface area contributed by atoms with E-state index in [0.717, 1.165) is 11.8 Å². The highest BCUT2D eigenvalue weighted by molar-refractivity contribution is 5.06. The molecule has 146 valence electrons. The lowest BCUT2D eigenvalue weighted by molar-refractivity contribution is -0.159. The third-order valence-electron chi connectivity index (χ3n) is 7.93. The van der Waals surface area contributed by atoms with Crippen LogP contribution in [0.25, 0.3) is 0 Å². The summed E-state index contributed by atoms with van der Waals surface area (Å²) in [5.41, 5.74) is 0.354. The van der Waals surface area contributed by atoms with Crippen molar-refractivity contribution in [3.63, 3.8) is 0 Å². The monoisotopic (exact) mass is 348 g/mol. The molecule has 4 bridgehead atoms. The lowest BCUT2D eigenvalue weighted by Gasteiger charge is -2.60. The molecule has 0 aromatic rings.